The Kier molecular flexibility index (Phi) is 7.02. The first-order chi connectivity index (χ1) is 15.5. The Morgan fingerprint density at radius 3 is 2.59 bits per heavy atom. The number of aryl methyl sites for hydroxylation is 4. The number of hydrogen-bond donors (Lipinski definition) is 1. The molecule has 1 amide bonds. The number of benzene rings is 2. The second-order valence-corrected chi connectivity index (χ2v) is 9.66. The zero-order valence-electron chi connectivity index (χ0n) is 18.2. The summed E-state index contributed by atoms with van der Waals surface area (Å²) in [5, 5.41) is 9.09. The number of aromatic nitrogens is 3. The molecule has 0 radical (unpaired) electrons. The summed E-state index contributed by atoms with van der Waals surface area (Å²) >= 11 is 3.18. The number of carbonyl (C=O) groups excluding carboxylic acids is 1. The highest BCUT2D eigenvalue weighted by atomic mass is 32.2. The van der Waals surface area contributed by atoms with E-state index < -0.39 is 0 Å². The van der Waals surface area contributed by atoms with Gasteiger partial charge in [0.05, 0.1) is 11.4 Å². The van der Waals surface area contributed by atoms with Crippen LogP contribution in [0.25, 0.3) is 11.3 Å². The maximum Gasteiger partial charge on any atom is 0.227 e. The molecular formula is C24H24N4O2S2. The highest BCUT2D eigenvalue weighted by molar-refractivity contribution is 8.00. The molecule has 2 heterocycles. The molecule has 0 saturated heterocycles. The fourth-order valence-electron chi connectivity index (χ4n) is 3.44. The van der Waals surface area contributed by atoms with Crippen molar-refractivity contribution < 1.29 is 9.32 Å². The molecule has 164 valence electrons. The smallest absolute Gasteiger partial charge is 0.227 e. The molecule has 4 aromatic rings. The van der Waals surface area contributed by atoms with Crippen molar-refractivity contribution in [2.24, 2.45) is 0 Å². The van der Waals surface area contributed by atoms with Crippen molar-refractivity contribution in [3.63, 3.8) is 0 Å². The van der Waals surface area contributed by atoms with E-state index in [-0.39, 0.29) is 12.3 Å². The predicted molar refractivity (Wildman–Crippen MR) is 129 cm³/mol. The van der Waals surface area contributed by atoms with Crippen LogP contribution >= 0.6 is 23.1 Å². The quantitative estimate of drug-likeness (QED) is 0.323. The van der Waals surface area contributed by atoms with Gasteiger partial charge in [-0.3, -0.25) is 4.79 Å². The van der Waals surface area contributed by atoms with Gasteiger partial charge in [0.25, 0.3) is 0 Å². The minimum Gasteiger partial charge on any atom is -0.339 e. The zero-order valence-corrected chi connectivity index (χ0v) is 19.8. The Hall–Kier alpha value is -2.97. The molecule has 0 saturated carbocycles. The average molecular weight is 465 g/mol. The van der Waals surface area contributed by atoms with Crippen LogP contribution in [-0.2, 0) is 17.0 Å². The SMILES string of the molecule is Cc1cc(C)c(NC(=O)CCc2nc(CSc3nc(-c4ccccc4)cs3)no2)c(C)c1. The summed E-state index contributed by atoms with van der Waals surface area (Å²) in [4.78, 5) is 21.5. The summed E-state index contributed by atoms with van der Waals surface area (Å²) in [7, 11) is 0. The molecule has 4 rings (SSSR count). The molecule has 8 heteroatoms. The van der Waals surface area contributed by atoms with Gasteiger partial charge in [0.15, 0.2) is 10.2 Å². The lowest BCUT2D eigenvalue weighted by atomic mass is 10.0. The normalized spacial score (nSPS) is 11.0. The maximum absolute atomic E-state index is 12.4. The molecule has 32 heavy (non-hydrogen) atoms. The van der Waals surface area contributed by atoms with Gasteiger partial charge in [-0.1, -0.05) is 64.9 Å². The van der Waals surface area contributed by atoms with Crippen molar-refractivity contribution in [1.29, 1.82) is 0 Å². The third kappa shape index (κ3) is 5.63. The fourth-order valence-corrected chi connectivity index (χ4v) is 5.12. The highest BCUT2D eigenvalue weighted by Gasteiger charge is 2.13. The van der Waals surface area contributed by atoms with Crippen molar-refractivity contribution in [2.75, 3.05) is 5.32 Å². The maximum atomic E-state index is 12.4. The third-order valence-corrected chi connectivity index (χ3v) is 6.91. The van der Waals surface area contributed by atoms with Crippen LogP contribution in [0.3, 0.4) is 0 Å². The summed E-state index contributed by atoms with van der Waals surface area (Å²) in [5.74, 6) is 1.58. The largest absolute Gasteiger partial charge is 0.339 e. The van der Waals surface area contributed by atoms with Crippen molar-refractivity contribution >= 4 is 34.7 Å². The average Bonchev–Trinajstić information content (AvgIpc) is 3.43. The van der Waals surface area contributed by atoms with Gasteiger partial charge < -0.3 is 9.84 Å². The zero-order chi connectivity index (χ0) is 22.5. The Balaban J connectivity index is 1.27. The second kappa shape index (κ2) is 10.1. The van der Waals surface area contributed by atoms with Crippen molar-refractivity contribution in [3.05, 3.63) is 76.3 Å². The number of anilines is 1. The molecule has 0 spiro atoms. The predicted octanol–water partition coefficient (Wildman–Crippen LogP) is 5.98. The Morgan fingerprint density at radius 2 is 1.84 bits per heavy atom. The molecule has 0 fully saturated rings. The van der Waals surface area contributed by atoms with Crippen LogP contribution in [0.1, 0.15) is 34.8 Å². The van der Waals surface area contributed by atoms with Gasteiger partial charge in [-0.15, -0.1) is 11.3 Å². The number of carbonyl (C=O) groups is 1. The van der Waals surface area contributed by atoms with Crippen LogP contribution < -0.4 is 5.32 Å². The van der Waals surface area contributed by atoms with E-state index in [0.29, 0.717) is 23.9 Å². The van der Waals surface area contributed by atoms with Crippen LogP contribution in [0, 0.1) is 20.8 Å². The van der Waals surface area contributed by atoms with E-state index in [9.17, 15) is 4.79 Å². The molecule has 2 aromatic carbocycles. The summed E-state index contributed by atoms with van der Waals surface area (Å²) in [6, 6.07) is 14.2. The van der Waals surface area contributed by atoms with Gasteiger partial charge >= 0.3 is 0 Å². The Bertz CT molecular complexity index is 1190. The molecule has 6 nitrogen and oxygen atoms in total. The van der Waals surface area contributed by atoms with Crippen molar-refractivity contribution in [3.8, 4) is 11.3 Å². The fraction of sp³-hybridized carbons (Fsp3) is 0.250. The number of thiazole rings is 1. The number of thioether (sulfide) groups is 1. The summed E-state index contributed by atoms with van der Waals surface area (Å²) in [5.41, 5.74) is 6.25. The van der Waals surface area contributed by atoms with E-state index >= 15 is 0 Å². The molecule has 0 aliphatic carbocycles. The standard InChI is InChI=1S/C24H24N4O2S2/c1-15-11-16(2)23(17(3)12-15)27-21(29)9-10-22-26-20(28-30-22)14-32-24-25-19(13-31-24)18-7-5-4-6-8-18/h4-8,11-13H,9-10,14H2,1-3H3,(H,27,29). The molecule has 1 N–H and O–H groups in total. The molecule has 0 aliphatic heterocycles. The number of amides is 1. The van der Waals surface area contributed by atoms with E-state index in [1.165, 1.54) is 5.56 Å². The lowest BCUT2D eigenvalue weighted by molar-refractivity contribution is -0.116. The van der Waals surface area contributed by atoms with Crippen LogP contribution in [0.2, 0.25) is 0 Å². The summed E-state index contributed by atoms with van der Waals surface area (Å²) in [6.07, 6.45) is 0.692. The van der Waals surface area contributed by atoms with Crippen molar-refractivity contribution in [2.45, 2.75) is 43.7 Å². The first-order valence-electron chi connectivity index (χ1n) is 10.3. The van der Waals surface area contributed by atoms with Crippen LogP contribution in [-0.4, -0.2) is 21.0 Å². The first-order valence-corrected chi connectivity index (χ1v) is 12.2. The summed E-state index contributed by atoms with van der Waals surface area (Å²) in [6.45, 7) is 6.05. The number of nitrogens with zero attached hydrogens (tertiary/aromatic N) is 3. The Morgan fingerprint density at radius 1 is 1.09 bits per heavy atom. The van der Waals surface area contributed by atoms with Crippen LogP contribution in [0.5, 0.6) is 0 Å². The lowest BCUT2D eigenvalue weighted by Crippen LogP contribution is -2.14. The Labute approximate surface area is 195 Å². The molecule has 0 bridgehead atoms. The van der Waals surface area contributed by atoms with E-state index in [0.717, 1.165) is 32.4 Å². The first kappa shape index (κ1) is 22.2. The lowest BCUT2D eigenvalue weighted by Gasteiger charge is -2.12. The number of hydrogen-bond acceptors (Lipinski definition) is 7. The minimum absolute atomic E-state index is 0.0644. The van der Waals surface area contributed by atoms with Gasteiger partial charge in [-0.25, -0.2) is 4.98 Å². The molecule has 0 atom stereocenters. The third-order valence-electron chi connectivity index (χ3n) is 4.89. The van der Waals surface area contributed by atoms with Crippen LogP contribution in [0.15, 0.2) is 56.7 Å². The van der Waals surface area contributed by atoms with E-state index in [2.05, 4.69) is 38.0 Å². The number of rotatable bonds is 8. The molecular weight excluding hydrogens is 440 g/mol. The molecule has 0 aliphatic rings. The summed E-state index contributed by atoms with van der Waals surface area (Å²) < 4.78 is 6.28. The van der Waals surface area contributed by atoms with Gasteiger partial charge in [0.2, 0.25) is 11.8 Å². The van der Waals surface area contributed by atoms with E-state index in [1.54, 1.807) is 23.1 Å². The van der Waals surface area contributed by atoms with Gasteiger partial charge in [0, 0.05) is 29.5 Å². The highest BCUT2D eigenvalue weighted by Crippen LogP contribution is 2.29. The van der Waals surface area contributed by atoms with Gasteiger partial charge in [-0.2, -0.15) is 4.98 Å². The van der Waals surface area contributed by atoms with E-state index in [4.69, 9.17) is 4.52 Å². The second-order valence-electron chi connectivity index (χ2n) is 7.58. The van der Waals surface area contributed by atoms with Gasteiger partial charge in [-0.05, 0) is 31.9 Å². The van der Waals surface area contributed by atoms with Gasteiger partial charge in [0.1, 0.15) is 0 Å². The monoisotopic (exact) mass is 464 g/mol. The minimum atomic E-state index is -0.0644. The van der Waals surface area contributed by atoms with Crippen LogP contribution in [0.4, 0.5) is 5.69 Å². The topological polar surface area (TPSA) is 80.9 Å². The molecule has 0 unspecified atom stereocenters. The number of nitrogens with one attached hydrogen (secondary N) is 1. The van der Waals surface area contributed by atoms with E-state index in [1.807, 2.05) is 51.1 Å². The van der Waals surface area contributed by atoms with Crippen molar-refractivity contribution in [1.82, 2.24) is 15.1 Å². The molecule has 2 aromatic heterocycles.